The summed E-state index contributed by atoms with van der Waals surface area (Å²) in [6.45, 7) is 4.07. The normalized spacial score (nSPS) is 16.0. The maximum atomic E-state index is 13.8. The van der Waals surface area contributed by atoms with Gasteiger partial charge in [0.15, 0.2) is 0 Å². The fourth-order valence-corrected chi connectivity index (χ4v) is 2.63. The lowest BCUT2D eigenvalue weighted by Crippen LogP contribution is -2.26. The summed E-state index contributed by atoms with van der Waals surface area (Å²) < 4.78 is 19.3. The molecule has 21 heavy (non-hydrogen) atoms. The van der Waals surface area contributed by atoms with E-state index in [2.05, 4.69) is 4.90 Å². The molecule has 0 spiro atoms. The minimum atomic E-state index is -0.701. The van der Waals surface area contributed by atoms with Crippen LogP contribution in [0.3, 0.4) is 0 Å². The molecule has 1 unspecified atom stereocenters. The van der Waals surface area contributed by atoms with E-state index in [9.17, 15) is 9.50 Å². The molecular formula is C17H20FNO2. The quantitative estimate of drug-likeness (QED) is 0.905. The van der Waals surface area contributed by atoms with E-state index in [0.717, 1.165) is 24.3 Å². The van der Waals surface area contributed by atoms with Crippen LogP contribution in [0.2, 0.25) is 0 Å². The molecule has 3 rings (SSSR count). The van der Waals surface area contributed by atoms with Crippen LogP contribution in [-0.4, -0.2) is 11.1 Å². The Kier molecular flexibility index (Phi) is 3.72. The highest BCUT2D eigenvalue weighted by Crippen LogP contribution is 2.38. The molecule has 1 heterocycles. The van der Waals surface area contributed by atoms with Gasteiger partial charge >= 0.3 is 0 Å². The van der Waals surface area contributed by atoms with Crippen molar-refractivity contribution in [3.8, 4) is 0 Å². The maximum Gasteiger partial charge on any atom is 0.126 e. The Morgan fingerprint density at radius 3 is 2.76 bits per heavy atom. The summed E-state index contributed by atoms with van der Waals surface area (Å²) in [7, 11) is 0. The molecule has 1 aliphatic carbocycles. The molecule has 0 bridgehead atoms. The van der Waals surface area contributed by atoms with Gasteiger partial charge < -0.3 is 14.4 Å². The zero-order valence-electron chi connectivity index (χ0n) is 12.3. The minimum absolute atomic E-state index is 0.275. The molecule has 1 saturated carbocycles. The SMILES string of the molecule is Cc1cc(N(Cc2ccco2)C2CC2)c(C(C)O)cc1F. The van der Waals surface area contributed by atoms with Crippen molar-refractivity contribution < 1.29 is 13.9 Å². The number of aliphatic hydroxyl groups is 1. The monoisotopic (exact) mass is 289 g/mol. The van der Waals surface area contributed by atoms with E-state index in [0.29, 0.717) is 23.7 Å². The number of benzene rings is 1. The van der Waals surface area contributed by atoms with Crippen LogP contribution in [0.1, 0.15) is 42.8 Å². The molecule has 4 heteroatoms. The van der Waals surface area contributed by atoms with Gasteiger partial charge in [-0.25, -0.2) is 4.39 Å². The number of nitrogens with zero attached hydrogens (tertiary/aromatic N) is 1. The number of aliphatic hydroxyl groups excluding tert-OH is 1. The summed E-state index contributed by atoms with van der Waals surface area (Å²) in [6.07, 6.45) is 3.20. The van der Waals surface area contributed by atoms with Crippen molar-refractivity contribution >= 4 is 5.69 Å². The second-order valence-electron chi connectivity index (χ2n) is 5.77. The van der Waals surface area contributed by atoms with Crippen LogP contribution in [0.5, 0.6) is 0 Å². The molecule has 0 saturated heterocycles. The Labute approximate surface area is 124 Å². The topological polar surface area (TPSA) is 36.6 Å². The van der Waals surface area contributed by atoms with Gasteiger partial charge in [0.05, 0.1) is 18.9 Å². The van der Waals surface area contributed by atoms with Gasteiger partial charge in [0.2, 0.25) is 0 Å². The van der Waals surface area contributed by atoms with E-state index in [1.807, 2.05) is 18.2 Å². The van der Waals surface area contributed by atoms with Crippen molar-refractivity contribution in [2.24, 2.45) is 0 Å². The molecule has 3 nitrogen and oxygen atoms in total. The molecule has 1 fully saturated rings. The number of rotatable bonds is 5. The van der Waals surface area contributed by atoms with E-state index < -0.39 is 6.10 Å². The lowest BCUT2D eigenvalue weighted by atomic mass is 10.0. The van der Waals surface area contributed by atoms with Gasteiger partial charge in [-0.05, 0) is 56.5 Å². The fourth-order valence-electron chi connectivity index (χ4n) is 2.63. The molecular weight excluding hydrogens is 269 g/mol. The van der Waals surface area contributed by atoms with Gasteiger partial charge in [0.1, 0.15) is 11.6 Å². The lowest BCUT2D eigenvalue weighted by Gasteiger charge is -2.28. The third-order valence-corrected chi connectivity index (χ3v) is 3.96. The van der Waals surface area contributed by atoms with Gasteiger partial charge in [-0.1, -0.05) is 0 Å². The Hall–Kier alpha value is -1.81. The van der Waals surface area contributed by atoms with Gasteiger partial charge in [-0.2, -0.15) is 0 Å². The van der Waals surface area contributed by atoms with Crippen molar-refractivity contribution in [2.75, 3.05) is 4.90 Å². The average molecular weight is 289 g/mol. The van der Waals surface area contributed by atoms with Crippen LogP contribution in [0, 0.1) is 12.7 Å². The predicted octanol–water partition coefficient (Wildman–Crippen LogP) is 3.95. The summed E-state index contributed by atoms with van der Waals surface area (Å²) in [5.41, 5.74) is 2.14. The number of furan rings is 1. The number of anilines is 1. The van der Waals surface area contributed by atoms with E-state index in [1.165, 1.54) is 6.07 Å². The second kappa shape index (κ2) is 5.53. The molecule has 1 aliphatic rings. The first-order chi connectivity index (χ1) is 10.1. The summed E-state index contributed by atoms with van der Waals surface area (Å²) in [4.78, 5) is 2.22. The van der Waals surface area contributed by atoms with Gasteiger partial charge in [0, 0.05) is 17.3 Å². The second-order valence-corrected chi connectivity index (χ2v) is 5.77. The smallest absolute Gasteiger partial charge is 0.126 e. The van der Waals surface area contributed by atoms with Crippen molar-refractivity contribution in [1.82, 2.24) is 0 Å². The minimum Gasteiger partial charge on any atom is -0.467 e. The molecule has 112 valence electrons. The third-order valence-electron chi connectivity index (χ3n) is 3.96. The average Bonchev–Trinajstić information content (AvgIpc) is 3.15. The highest BCUT2D eigenvalue weighted by molar-refractivity contribution is 5.58. The molecule has 1 aromatic carbocycles. The van der Waals surface area contributed by atoms with Crippen LogP contribution >= 0.6 is 0 Å². The van der Waals surface area contributed by atoms with Crippen LogP contribution in [0.15, 0.2) is 34.9 Å². The highest BCUT2D eigenvalue weighted by atomic mass is 19.1. The predicted molar refractivity (Wildman–Crippen MR) is 79.7 cm³/mol. The van der Waals surface area contributed by atoms with Gasteiger partial charge in [-0.15, -0.1) is 0 Å². The molecule has 2 aromatic rings. The number of halogens is 1. The summed E-state index contributed by atoms with van der Waals surface area (Å²) >= 11 is 0. The Bertz CT molecular complexity index is 618. The molecule has 1 N–H and O–H groups in total. The van der Waals surface area contributed by atoms with Crippen LogP contribution in [0.4, 0.5) is 10.1 Å². The molecule has 0 radical (unpaired) electrons. The van der Waals surface area contributed by atoms with E-state index in [4.69, 9.17) is 4.42 Å². The standard InChI is InChI=1S/C17H20FNO2/c1-11-8-17(15(12(2)20)9-16(11)18)19(13-5-6-13)10-14-4-3-7-21-14/h3-4,7-9,12-13,20H,5-6,10H2,1-2H3. The van der Waals surface area contributed by atoms with Crippen molar-refractivity contribution in [3.05, 3.63) is 53.2 Å². The first-order valence-corrected chi connectivity index (χ1v) is 7.33. The largest absolute Gasteiger partial charge is 0.467 e. The van der Waals surface area contributed by atoms with Crippen LogP contribution in [0.25, 0.3) is 0 Å². The molecule has 0 aliphatic heterocycles. The van der Waals surface area contributed by atoms with Crippen LogP contribution in [-0.2, 0) is 6.54 Å². The molecule has 1 aromatic heterocycles. The summed E-state index contributed by atoms with van der Waals surface area (Å²) in [5.74, 6) is 0.601. The Morgan fingerprint density at radius 2 is 2.19 bits per heavy atom. The van der Waals surface area contributed by atoms with Crippen LogP contribution < -0.4 is 4.90 Å². The van der Waals surface area contributed by atoms with Gasteiger partial charge in [0.25, 0.3) is 0 Å². The van der Waals surface area contributed by atoms with Crippen molar-refractivity contribution in [3.63, 3.8) is 0 Å². The van der Waals surface area contributed by atoms with E-state index >= 15 is 0 Å². The first-order valence-electron chi connectivity index (χ1n) is 7.33. The van der Waals surface area contributed by atoms with E-state index in [1.54, 1.807) is 20.1 Å². The lowest BCUT2D eigenvalue weighted by molar-refractivity contribution is 0.199. The molecule has 0 amide bonds. The number of hydrogen-bond acceptors (Lipinski definition) is 3. The molecule has 1 atom stereocenters. The fraction of sp³-hybridized carbons (Fsp3) is 0.412. The van der Waals surface area contributed by atoms with Crippen molar-refractivity contribution in [1.29, 1.82) is 0 Å². The summed E-state index contributed by atoms with van der Waals surface area (Å²) in [6, 6.07) is 7.53. The zero-order valence-corrected chi connectivity index (χ0v) is 12.3. The summed E-state index contributed by atoms with van der Waals surface area (Å²) in [5, 5.41) is 9.98. The number of aryl methyl sites for hydroxylation is 1. The van der Waals surface area contributed by atoms with Crippen molar-refractivity contribution in [2.45, 2.75) is 45.4 Å². The number of hydrogen-bond donors (Lipinski definition) is 1. The Morgan fingerprint density at radius 1 is 1.43 bits per heavy atom. The zero-order chi connectivity index (χ0) is 15.0. The maximum absolute atomic E-state index is 13.8. The van der Waals surface area contributed by atoms with Gasteiger partial charge in [-0.3, -0.25) is 0 Å². The highest BCUT2D eigenvalue weighted by Gasteiger charge is 2.32. The Balaban J connectivity index is 2.00. The van der Waals surface area contributed by atoms with E-state index in [-0.39, 0.29) is 5.82 Å². The third kappa shape index (κ3) is 2.95. The first kappa shape index (κ1) is 14.1.